The van der Waals surface area contributed by atoms with Crippen molar-refractivity contribution >= 4 is 22.4 Å². The Morgan fingerprint density at radius 3 is 2.21 bits per heavy atom. The van der Waals surface area contributed by atoms with Crippen LogP contribution in [0, 0.1) is 0 Å². The smallest absolute Gasteiger partial charge is 0.275 e. The van der Waals surface area contributed by atoms with Crippen molar-refractivity contribution in [2.24, 2.45) is 5.10 Å². The molecular formula is C25H20N2O2. The summed E-state index contributed by atoms with van der Waals surface area (Å²) in [5.41, 5.74) is 6.53. The second-order valence-corrected chi connectivity index (χ2v) is 6.80. The Balaban J connectivity index is 1.56. The zero-order valence-corrected chi connectivity index (χ0v) is 16.0. The van der Waals surface area contributed by atoms with Gasteiger partial charge >= 0.3 is 0 Å². The van der Waals surface area contributed by atoms with E-state index in [4.69, 9.17) is 0 Å². The molecule has 142 valence electrons. The van der Waals surface area contributed by atoms with Crippen LogP contribution in [0.5, 0.6) is 5.75 Å². The van der Waals surface area contributed by atoms with Gasteiger partial charge in [0.05, 0.1) is 11.3 Å². The van der Waals surface area contributed by atoms with Gasteiger partial charge in [0.25, 0.3) is 5.91 Å². The molecule has 29 heavy (non-hydrogen) atoms. The van der Waals surface area contributed by atoms with Crippen molar-refractivity contribution in [3.05, 3.63) is 102 Å². The van der Waals surface area contributed by atoms with Crippen LogP contribution in [0.2, 0.25) is 0 Å². The molecule has 0 saturated carbocycles. The molecule has 0 aliphatic heterocycles. The number of nitrogens with one attached hydrogen (secondary N) is 1. The van der Waals surface area contributed by atoms with Gasteiger partial charge in [0.2, 0.25) is 0 Å². The van der Waals surface area contributed by atoms with Crippen molar-refractivity contribution in [2.75, 3.05) is 0 Å². The van der Waals surface area contributed by atoms with E-state index in [1.165, 1.54) is 0 Å². The average molecular weight is 380 g/mol. The zero-order valence-electron chi connectivity index (χ0n) is 16.0. The number of carbonyl (C=O) groups is 1. The number of aromatic hydroxyl groups is 1. The Morgan fingerprint density at radius 1 is 0.793 bits per heavy atom. The lowest BCUT2D eigenvalue weighted by Crippen LogP contribution is -2.19. The van der Waals surface area contributed by atoms with Crippen molar-refractivity contribution in [1.82, 2.24) is 5.43 Å². The second-order valence-electron chi connectivity index (χ2n) is 6.80. The molecule has 0 unspecified atom stereocenters. The number of phenolic OH excluding ortho intramolecular Hbond substituents is 1. The molecule has 2 N–H and O–H groups in total. The lowest BCUT2D eigenvalue weighted by atomic mass is 10.0. The van der Waals surface area contributed by atoms with Crippen LogP contribution in [0.15, 0.2) is 96.1 Å². The molecule has 0 spiro atoms. The van der Waals surface area contributed by atoms with Gasteiger partial charge in [0.15, 0.2) is 0 Å². The molecule has 0 heterocycles. The summed E-state index contributed by atoms with van der Waals surface area (Å²) in [6.07, 6.45) is 0. The number of carbonyl (C=O) groups excluding carboxylic acids is 1. The van der Waals surface area contributed by atoms with Crippen LogP contribution < -0.4 is 5.43 Å². The van der Waals surface area contributed by atoms with E-state index in [1.54, 1.807) is 12.1 Å². The van der Waals surface area contributed by atoms with Gasteiger partial charge in [-0.05, 0) is 52.6 Å². The van der Waals surface area contributed by atoms with E-state index in [2.05, 4.69) is 22.7 Å². The minimum atomic E-state index is -0.452. The van der Waals surface area contributed by atoms with E-state index >= 15 is 0 Å². The van der Waals surface area contributed by atoms with Crippen molar-refractivity contribution in [1.29, 1.82) is 0 Å². The van der Waals surface area contributed by atoms with E-state index in [1.807, 2.05) is 73.7 Å². The predicted octanol–water partition coefficient (Wildman–Crippen LogP) is 5.37. The fourth-order valence-electron chi connectivity index (χ4n) is 3.22. The average Bonchev–Trinajstić information content (AvgIpc) is 2.77. The summed E-state index contributed by atoms with van der Waals surface area (Å²) < 4.78 is 0. The lowest BCUT2D eigenvalue weighted by Gasteiger charge is -2.08. The summed E-state index contributed by atoms with van der Waals surface area (Å²) in [5.74, 6) is -0.521. The highest BCUT2D eigenvalue weighted by Crippen LogP contribution is 2.25. The number of nitrogens with zero attached hydrogens (tertiary/aromatic N) is 1. The van der Waals surface area contributed by atoms with Gasteiger partial charge in [-0.2, -0.15) is 5.10 Å². The number of amides is 1. The Kier molecular flexibility index (Phi) is 5.08. The first kappa shape index (κ1) is 18.4. The number of benzene rings is 4. The molecule has 4 nitrogen and oxygen atoms in total. The van der Waals surface area contributed by atoms with Gasteiger partial charge in [0, 0.05) is 0 Å². The highest BCUT2D eigenvalue weighted by Gasteiger charge is 2.12. The van der Waals surface area contributed by atoms with Crippen LogP contribution >= 0.6 is 0 Å². The molecule has 4 rings (SSSR count). The van der Waals surface area contributed by atoms with Crippen LogP contribution in [0.25, 0.3) is 21.9 Å². The first-order valence-corrected chi connectivity index (χ1v) is 9.34. The summed E-state index contributed by atoms with van der Waals surface area (Å²) in [5, 5.41) is 16.2. The quantitative estimate of drug-likeness (QED) is 0.369. The van der Waals surface area contributed by atoms with Crippen molar-refractivity contribution in [3.63, 3.8) is 0 Å². The SMILES string of the molecule is CC(=NNC(=O)c1cc2ccccc2cc1O)c1cccc(-c2ccccc2)c1. The van der Waals surface area contributed by atoms with E-state index in [0.717, 1.165) is 27.5 Å². The number of hydrogen-bond donors (Lipinski definition) is 2. The molecule has 4 heteroatoms. The number of hydrazone groups is 1. The largest absolute Gasteiger partial charge is 0.507 e. The minimum absolute atomic E-state index is 0.0693. The molecule has 4 aromatic carbocycles. The summed E-state index contributed by atoms with van der Waals surface area (Å²) in [7, 11) is 0. The molecule has 4 aromatic rings. The van der Waals surface area contributed by atoms with Gasteiger partial charge in [0.1, 0.15) is 5.75 Å². The Labute approximate surface area is 169 Å². The molecule has 0 saturated heterocycles. The lowest BCUT2D eigenvalue weighted by molar-refractivity contribution is 0.0952. The summed E-state index contributed by atoms with van der Waals surface area (Å²) >= 11 is 0. The maximum atomic E-state index is 12.6. The van der Waals surface area contributed by atoms with Crippen molar-refractivity contribution in [3.8, 4) is 16.9 Å². The van der Waals surface area contributed by atoms with Crippen molar-refractivity contribution in [2.45, 2.75) is 6.92 Å². The highest BCUT2D eigenvalue weighted by atomic mass is 16.3. The Bertz CT molecular complexity index is 1210. The Hall–Kier alpha value is -3.92. The maximum absolute atomic E-state index is 12.6. The summed E-state index contributed by atoms with van der Waals surface area (Å²) in [6, 6.07) is 28.9. The van der Waals surface area contributed by atoms with Crippen LogP contribution in [-0.4, -0.2) is 16.7 Å². The molecule has 0 aliphatic carbocycles. The van der Waals surface area contributed by atoms with Gasteiger partial charge < -0.3 is 5.11 Å². The van der Waals surface area contributed by atoms with E-state index in [-0.39, 0.29) is 11.3 Å². The summed E-state index contributed by atoms with van der Waals surface area (Å²) in [6.45, 7) is 1.84. The zero-order chi connectivity index (χ0) is 20.2. The fraction of sp³-hybridized carbons (Fsp3) is 0.0400. The van der Waals surface area contributed by atoms with E-state index in [0.29, 0.717) is 5.71 Å². The third kappa shape index (κ3) is 4.01. The van der Waals surface area contributed by atoms with Gasteiger partial charge in [-0.3, -0.25) is 4.79 Å². The first-order valence-electron chi connectivity index (χ1n) is 9.34. The molecule has 1 amide bonds. The predicted molar refractivity (Wildman–Crippen MR) is 117 cm³/mol. The second kappa shape index (κ2) is 7.98. The third-order valence-corrected chi connectivity index (χ3v) is 4.82. The number of fused-ring (bicyclic) bond motifs is 1. The van der Waals surface area contributed by atoms with Crippen LogP contribution in [0.4, 0.5) is 0 Å². The maximum Gasteiger partial charge on any atom is 0.275 e. The standard InChI is InChI=1S/C25H20N2O2/c1-17(19-12-7-13-20(14-19)18-8-3-2-4-9-18)26-27-25(29)23-15-21-10-5-6-11-22(21)16-24(23)28/h2-16,28H,1H3,(H,27,29). The minimum Gasteiger partial charge on any atom is -0.507 e. The number of phenols is 1. The summed E-state index contributed by atoms with van der Waals surface area (Å²) in [4.78, 5) is 12.6. The van der Waals surface area contributed by atoms with Gasteiger partial charge in [-0.15, -0.1) is 0 Å². The number of rotatable bonds is 4. The van der Waals surface area contributed by atoms with Crippen LogP contribution in [0.3, 0.4) is 0 Å². The van der Waals surface area contributed by atoms with Gasteiger partial charge in [-0.25, -0.2) is 5.43 Å². The topological polar surface area (TPSA) is 61.7 Å². The molecule has 0 radical (unpaired) electrons. The highest BCUT2D eigenvalue weighted by molar-refractivity contribution is 6.04. The normalized spacial score (nSPS) is 11.4. The van der Waals surface area contributed by atoms with Crippen molar-refractivity contribution < 1.29 is 9.90 Å². The van der Waals surface area contributed by atoms with Crippen LogP contribution in [0.1, 0.15) is 22.8 Å². The molecule has 0 aliphatic rings. The van der Waals surface area contributed by atoms with Crippen LogP contribution in [-0.2, 0) is 0 Å². The molecular weight excluding hydrogens is 360 g/mol. The molecule has 0 atom stereocenters. The van der Waals surface area contributed by atoms with Gasteiger partial charge in [-0.1, -0.05) is 72.8 Å². The molecule has 0 fully saturated rings. The number of hydrogen-bond acceptors (Lipinski definition) is 3. The van der Waals surface area contributed by atoms with E-state index < -0.39 is 5.91 Å². The molecule has 0 bridgehead atoms. The van der Waals surface area contributed by atoms with E-state index in [9.17, 15) is 9.90 Å². The first-order chi connectivity index (χ1) is 14.1. The molecule has 0 aromatic heterocycles. The third-order valence-electron chi connectivity index (χ3n) is 4.82. The Morgan fingerprint density at radius 2 is 1.45 bits per heavy atom. The monoisotopic (exact) mass is 380 g/mol. The fourth-order valence-corrected chi connectivity index (χ4v) is 3.22.